The van der Waals surface area contributed by atoms with Crippen LogP contribution < -0.4 is 4.74 Å². The minimum absolute atomic E-state index is 0.000599. The second-order valence-corrected chi connectivity index (χ2v) is 8.50. The molecule has 3 heterocycles. The summed E-state index contributed by atoms with van der Waals surface area (Å²) < 4.78 is 19.2. The largest absolute Gasteiger partial charge is 0.484 e. The first-order valence-electron chi connectivity index (χ1n) is 11.1. The molecular weight excluding hydrogens is 423 g/mol. The van der Waals surface area contributed by atoms with Crippen molar-refractivity contribution in [3.05, 3.63) is 82.9 Å². The fraction of sp³-hybridized carbons (Fsp3) is 0.320. The van der Waals surface area contributed by atoms with Gasteiger partial charge in [-0.25, -0.2) is 4.39 Å². The number of likely N-dealkylation sites (tertiary alicyclic amines) is 1. The second kappa shape index (κ2) is 9.05. The first kappa shape index (κ1) is 21.2. The van der Waals surface area contributed by atoms with Gasteiger partial charge in [0.25, 0.3) is 5.91 Å². The van der Waals surface area contributed by atoms with Crippen LogP contribution in [0.5, 0.6) is 5.75 Å². The number of aromatic amines is 1. The molecule has 33 heavy (non-hydrogen) atoms. The van der Waals surface area contributed by atoms with E-state index in [1.807, 2.05) is 35.2 Å². The van der Waals surface area contributed by atoms with Gasteiger partial charge in [0, 0.05) is 44.1 Å². The van der Waals surface area contributed by atoms with Gasteiger partial charge in [0.1, 0.15) is 6.61 Å². The number of halogens is 1. The molecule has 1 fully saturated rings. The summed E-state index contributed by atoms with van der Waals surface area (Å²) in [5, 5.41) is 7.33. The lowest BCUT2D eigenvalue weighted by Gasteiger charge is -2.19. The van der Waals surface area contributed by atoms with Gasteiger partial charge in [-0.05, 0) is 36.2 Å². The summed E-state index contributed by atoms with van der Waals surface area (Å²) in [5.74, 6) is -0.00287. The zero-order chi connectivity index (χ0) is 22.8. The van der Waals surface area contributed by atoms with Gasteiger partial charge < -0.3 is 14.5 Å². The van der Waals surface area contributed by atoms with E-state index < -0.39 is 5.82 Å². The summed E-state index contributed by atoms with van der Waals surface area (Å²) in [6, 6.07) is 15.8. The lowest BCUT2D eigenvalue weighted by molar-refractivity contribution is -0.130. The topological polar surface area (TPSA) is 78.5 Å². The van der Waals surface area contributed by atoms with Crippen LogP contribution >= 0.6 is 0 Å². The Kier molecular flexibility index (Phi) is 5.81. The summed E-state index contributed by atoms with van der Waals surface area (Å²) in [4.78, 5) is 28.8. The van der Waals surface area contributed by atoms with Crippen molar-refractivity contribution in [2.75, 3.05) is 19.6 Å². The number of H-pyrrole nitrogens is 1. The molecule has 2 amide bonds. The van der Waals surface area contributed by atoms with E-state index in [9.17, 15) is 14.0 Å². The Morgan fingerprint density at radius 3 is 2.85 bits per heavy atom. The van der Waals surface area contributed by atoms with Gasteiger partial charge in [0.15, 0.2) is 11.6 Å². The SMILES string of the molecule is O=C(CCN1Cc2ccccc2C1=O)N1CC[C@H](c2cc(COc3ccccc3F)[nH]n2)C1. The van der Waals surface area contributed by atoms with E-state index in [0.29, 0.717) is 32.6 Å². The van der Waals surface area contributed by atoms with Crippen molar-refractivity contribution >= 4 is 11.8 Å². The number of nitrogens with zero attached hydrogens (tertiary/aromatic N) is 3. The Morgan fingerprint density at radius 2 is 2.00 bits per heavy atom. The molecule has 0 bridgehead atoms. The zero-order valence-electron chi connectivity index (χ0n) is 18.2. The number of carbonyl (C=O) groups is 2. The third-order valence-electron chi connectivity index (χ3n) is 6.32. The number of carbonyl (C=O) groups excluding carboxylic acids is 2. The van der Waals surface area contributed by atoms with Crippen LogP contribution in [-0.2, 0) is 17.9 Å². The van der Waals surface area contributed by atoms with Gasteiger partial charge in [-0.2, -0.15) is 5.10 Å². The molecule has 1 atom stereocenters. The Hall–Kier alpha value is -3.68. The maximum atomic E-state index is 13.7. The highest BCUT2D eigenvalue weighted by Gasteiger charge is 2.31. The summed E-state index contributed by atoms with van der Waals surface area (Å²) in [5.41, 5.74) is 3.39. The van der Waals surface area contributed by atoms with Gasteiger partial charge in [-0.1, -0.05) is 30.3 Å². The molecule has 1 aromatic heterocycles. The number of fused-ring (bicyclic) bond motifs is 1. The Bertz CT molecular complexity index is 1180. The molecule has 0 radical (unpaired) electrons. The Labute approximate surface area is 191 Å². The molecule has 8 heteroatoms. The molecule has 3 aromatic rings. The fourth-order valence-corrected chi connectivity index (χ4v) is 4.49. The van der Waals surface area contributed by atoms with Gasteiger partial charge in [0.05, 0.1) is 11.4 Å². The molecule has 1 saturated heterocycles. The average molecular weight is 448 g/mol. The molecule has 170 valence electrons. The van der Waals surface area contributed by atoms with E-state index >= 15 is 0 Å². The first-order chi connectivity index (χ1) is 16.1. The molecule has 5 rings (SSSR count). The van der Waals surface area contributed by atoms with E-state index in [1.165, 1.54) is 6.07 Å². The average Bonchev–Trinajstić information content (AvgIpc) is 3.56. The number of hydrogen-bond acceptors (Lipinski definition) is 4. The van der Waals surface area contributed by atoms with Crippen LogP contribution in [0.3, 0.4) is 0 Å². The van der Waals surface area contributed by atoms with E-state index in [-0.39, 0.29) is 30.1 Å². The fourth-order valence-electron chi connectivity index (χ4n) is 4.49. The number of hydrogen-bond donors (Lipinski definition) is 1. The van der Waals surface area contributed by atoms with Crippen LogP contribution in [0.25, 0.3) is 0 Å². The van der Waals surface area contributed by atoms with Crippen molar-refractivity contribution in [3.8, 4) is 5.75 Å². The molecule has 7 nitrogen and oxygen atoms in total. The van der Waals surface area contributed by atoms with Crippen LogP contribution in [0.2, 0.25) is 0 Å². The molecule has 0 unspecified atom stereocenters. The van der Waals surface area contributed by atoms with E-state index in [0.717, 1.165) is 28.9 Å². The highest BCUT2D eigenvalue weighted by Crippen LogP contribution is 2.28. The molecule has 0 saturated carbocycles. The van der Waals surface area contributed by atoms with Crippen molar-refractivity contribution in [1.29, 1.82) is 0 Å². The summed E-state index contributed by atoms with van der Waals surface area (Å²) in [6.45, 7) is 2.45. The maximum Gasteiger partial charge on any atom is 0.254 e. The third kappa shape index (κ3) is 4.46. The molecular formula is C25H25FN4O3. The number of aromatic nitrogens is 2. The first-order valence-corrected chi connectivity index (χ1v) is 11.1. The molecule has 1 N–H and O–H groups in total. The van der Waals surface area contributed by atoms with Crippen LogP contribution in [0.4, 0.5) is 4.39 Å². The van der Waals surface area contributed by atoms with Gasteiger partial charge in [-0.3, -0.25) is 14.7 Å². The number of benzene rings is 2. The van der Waals surface area contributed by atoms with Crippen molar-refractivity contribution in [2.24, 2.45) is 0 Å². The highest BCUT2D eigenvalue weighted by molar-refractivity contribution is 5.98. The van der Waals surface area contributed by atoms with Gasteiger partial charge >= 0.3 is 0 Å². The summed E-state index contributed by atoms with van der Waals surface area (Å²) >= 11 is 0. The maximum absolute atomic E-state index is 13.7. The number of para-hydroxylation sites is 1. The third-order valence-corrected chi connectivity index (χ3v) is 6.32. The van der Waals surface area contributed by atoms with Crippen molar-refractivity contribution in [2.45, 2.75) is 31.9 Å². The number of ether oxygens (including phenoxy) is 1. The number of nitrogens with one attached hydrogen (secondary N) is 1. The van der Waals surface area contributed by atoms with E-state index in [4.69, 9.17) is 4.74 Å². The van der Waals surface area contributed by atoms with Crippen molar-refractivity contribution < 1.29 is 18.7 Å². The van der Waals surface area contributed by atoms with Crippen molar-refractivity contribution in [1.82, 2.24) is 20.0 Å². The lowest BCUT2D eigenvalue weighted by Crippen LogP contribution is -2.33. The summed E-state index contributed by atoms with van der Waals surface area (Å²) in [7, 11) is 0. The van der Waals surface area contributed by atoms with Crippen LogP contribution in [0, 0.1) is 5.82 Å². The predicted molar refractivity (Wildman–Crippen MR) is 119 cm³/mol. The van der Waals surface area contributed by atoms with Crippen molar-refractivity contribution in [3.63, 3.8) is 0 Å². The van der Waals surface area contributed by atoms with Gasteiger partial charge in [0.2, 0.25) is 5.91 Å². The smallest absolute Gasteiger partial charge is 0.254 e. The minimum Gasteiger partial charge on any atom is -0.484 e. The highest BCUT2D eigenvalue weighted by atomic mass is 19.1. The van der Waals surface area contributed by atoms with E-state index in [1.54, 1.807) is 23.1 Å². The number of rotatable bonds is 7. The summed E-state index contributed by atoms with van der Waals surface area (Å²) in [6.07, 6.45) is 1.15. The number of amides is 2. The minimum atomic E-state index is -0.401. The molecule has 0 aliphatic carbocycles. The predicted octanol–water partition coefficient (Wildman–Crippen LogP) is 3.49. The standard InChI is InChI=1S/C25H25FN4O3/c26-21-7-3-4-8-23(21)33-16-19-13-22(28-27-19)18-9-11-29(15-18)24(31)10-12-30-14-17-5-1-2-6-20(17)25(30)32/h1-8,13,18H,9-12,14-16H2,(H,27,28)/t18-/m0/s1. The normalized spacial score (nSPS) is 17.5. The van der Waals surface area contributed by atoms with Gasteiger partial charge in [-0.15, -0.1) is 0 Å². The second-order valence-electron chi connectivity index (χ2n) is 8.50. The quantitative estimate of drug-likeness (QED) is 0.600. The lowest BCUT2D eigenvalue weighted by atomic mass is 10.1. The molecule has 2 aliphatic rings. The Morgan fingerprint density at radius 1 is 1.18 bits per heavy atom. The van der Waals surface area contributed by atoms with Crippen LogP contribution in [0.15, 0.2) is 54.6 Å². The molecule has 0 spiro atoms. The van der Waals surface area contributed by atoms with Crippen LogP contribution in [0.1, 0.15) is 46.1 Å². The monoisotopic (exact) mass is 448 g/mol. The Balaban J connectivity index is 1.11. The van der Waals surface area contributed by atoms with E-state index in [2.05, 4.69) is 10.2 Å². The molecule has 2 aromatic carbocycles. The molecule has 2 aliphatic heterocycles. The zero-order valence-corrected chi connectivity index (χ0v) is 18.2. The van der Waals surface area contributed by atoms with Crippen LogP contribution in [-0.4, -0.2) is 51.4 Å².